The predicted octanol–water partition coefficient (Wildman–Crippen LogP) is 5.75. The van der Waals surface area contributed by atoms with Crippen LogP contribution in [0.5, 0.6) is 5.75 Å². The Bertz CT molecular complexity index is 1270. The Kier molecular flexibility index (Phi) is 7.05. The van der Waals surface area contributed by atoms with E-state index in [0.717, 1.165) is 46.1 Å². The second-order valence-electron chi connectivity index (χ2n) is 6.95. The van der Waals surface area contributed by atoms with Crippen molar-refractivity contribution in [3.8, 4) is 5.75 Å². The summed E-state index contributed by atoms with van der Waals surface area (Å²) in [5, 5.41) is 10.6. The quantitative estimate of drug-likeness (QED) is 0.266. The van der Waals surface area contributed by atoms with Crippen LogP contribution in [-0.4, -0.2) is 33.7 Å². The van der Waals surface area contributed by atoms with E-state index in [1.807, 2.05) is 30.3 Å². The van der Waals surface area contributed by atoms with Crippen molar-refractivity contribution in [1.82, 2.24) is 4.90 Å². The monoisotopic (exact) mass is 671 g/mol. The van der Waals surface area contributed by atoms with E-state index >= 15 is 0 Å². The van der Waals surface area contributed by atoms with E-state index in [4.69, 9.17) is 9.84 Å². The summed E-state index contributed by atoms with van der Waals surface area (Å²) >= 11 is 5.10. The molecule has 0 spiro atoms. The number of thioether (sulfide) groups is 1. The first-order valence-corrected chi connectivity index (χ1v) is 12.4. The maximum absolute atomic E-state index is 12.4. The molecule has 0 aliphatic carbocycles. The summed E-state index contributed by atoms with van der Waals surface area (Å²) in [4.78, 5) is 36.1. The number of carboxylic acids is 1. The lowest BCUT2D eigenvalue weighted by atomic mass is 10.1. The molecule has 1 fully saturated rings. The third-order valence-electron chi connectivity index (χ3n) is 4.68. The Morgan fingerprint density at radius 3 is 2.41 bits per heavy atom. The van der Waals surface area contributed by atoms with Crippen molar-refractivity contribution in [2.24, 2.45) is 0 Å². The standard InChI is InChI=1S/C23H15I2NO5S/c24-17-8-14(10-19-22(29)26(11-20(27)28)23(30)32-19)9-18(25)21(17)31-12-13-5-6-15-3-1-2-4-16(15)7-13/h1-10H,11-12H2,(H,27,28)/b19-10+. The fourth-order valence-corrected chi connectivity index (χ4v) is 6.17. The molecule has 1 aliphatic rings. The highest BCUT2D eigenvalue weighted by Crippen LogP contribution is 2.35. The van der Waals surface area contributed by atoms with E-state index in [-0.39, 0.29) is 4.91 Å². The van der Waals surface area contributed by atoms with E-state index in [1.165, 1.54) is 5.39 Å². The lowest BCUT2D eigenvalue weighted by molar-refractivity contribution is -0.140. The number of fused-ring (bicyclic) bond motifs is 1. The second-order valence-corrected chi connectivity index (χ2v) is 10.3. The van der Waals surface area contributed by atoms with Crippen LogP contribution in [0.3, 0.4) is 0 Å². The molecule has 1 heterocycles. The van der Waals surface area contributed by atoms with Gasteiger partial charge in [-0.2, -0.15) is 0 Å². The van der Waals surface area contributed by atoms with Gasteiger partial charge in [-0.1, -0.05) is 36.4 Å². The van der Waals surface area contributed by atoms with E-state index in [1.54, 1.807) is 6.08 Å². The number of carboxylic acid groups (broad SMARTS) is 1. The highest BCUT2D eigenvalue weighted by atomic mass is 127. The zero-order chi connectivity index (χ0) is 22.8. The van der Waals surface area contributed by atoms with E-state index in [2.05, 4.69) is 69.4 Å². The van der Waals surface area contributed by atoms with Crippen LogP contribution in [0.2, 0.25) is 0 Å². The molecule has 1 N–H and O–H groups in total. The highest BCUT2D eigenvalue weighted by Gasteiger charge is 2.36. The molecule has 0 bridgehead atoms. The van der Waals surface area contributed by atoms with Gasteiger partial charge < -0.3 is 9.84 Å². The normalized spacial score (nSPS) is 15.1. The van der Waals surface area contributed by atoms with Gasteiger partial charge in [0.1, 0.15) is 18.9 Å². The first-order chi connectivity index (χ1) is 15.3. The van der Waals surface area contributed by atoms with Gasteiger partial charge in [-0.05, 0) is 103 Å². The Morgan fingerprint density at radius 2 is 1.72 bits per heavy atom. The van der Waals surface area contributed by atoms with Crippen molar-refractivity contribution in [1.29, 1.82) is 0 Å². The zero-order valence-corrected chi connectivity index (χ0v) is 21.5. The maximum atomic E-state index is 12.4. The fraction of sp³-hybridized carbons (Fsp3) is 0.0870. The summed E-state index contributed by atoms with van der Waals surface area (Å²) in [6, 6.07) is 18.1. The van der Waals surface area contributed by atoms with Crippen molar-refractivity contribution >= 4 is 90.9 Å². The number of ether oxygens (including phenoxy) is 1. The molecular formula is C23H15I2NO5S. The van der Waals surface area contributed by atoms with Crippen LogP contribution >= 0.6 is 56.9 Å². The number of nitrogens with zero attached hydrogens (tertiary/aromatic N) is 1. The molecule has 4 rings (SSSR count). The Hall–Kier alpha value is -2.12. The molecule has 0 radical (unpaired) electrons. The molecule has 1 saturated heterocycles. The van der Waals surface area contributed by atoms with Crippen LogP contribution in [-0.2, 0) is 16.2 Å². The third-order valence-corrected chi connectivity index (χ3v) is 7.19. The Labute approximate surface area is 215 Å². The number of halogens is 2. The summed E-state index contributed by atoms with van der Waals surface area (Å²) in [7, 11) is 0. The topological polar surface area (TPSA) is 83.9 Å². The molecule has 32 heavy (non-hydrogen) atoms. The van der Waals surface area contributed by atoms with E-state index in [0.29, 0.717) is 6.61 Å². The van der Waals surface area contributed by atoms with E-state index in [9.17, 15) is 14.4 Å². The molecule has 2 amide bonds. The van der Waals surface area contributed by atoms with Gasteiger partial charge in [-0.15, -0.1) is 0 Å². The van der Waals surface area contributed by atoms with Crippen LogP contribution in [0.15, 0.2) is 59.5 Å². The lowest BCUT2D eigenvalue weighted by Gasteiger charge is -2.12. The minimum Gasteiger partial charge on any atom is -0.487 e. The van der Waals surface area contributed by atoms with Crippen molar-refractivity contribution in [3.05, 3.63) is 77.8 Å². The van der Waals surface area contributed by atoms with Gasteiger partial charge in [0.25, 0.3) is 11.1 Å². The van der Waals surface area contributed by atoms with Gasteiger partial charge in [0.15, 0.2) is 0 Å². The van der Waals surface area contributed by atoms with Gasteiger partial charge in [-0.3, -0.25) is 19.3 Å². The molecule has 0 unspecified atom stereocenters. The Balaban J connectivity index is 1.52. The number of carbonyl (C=O) groups excluding carboxylic acids is 2. The molecule has 3 aromatic rings. The van der Waals surface area contributed by atoms with Gasteiger partial charge in [0.2, 0.25) is 0 Å². The lowest BCUT2D eigenvalue weighted by Crippen LogP contribution is -2.33. The SMILES string of the molecule is O=C(O)CN1C(=O)S/C(=C/c2cc(I)c(OCc3ccc4ccccc4c3)c(I)c2)C1=O. The maximum Gasteiger partial charge on any atom is 0.323 e. The van der Waals surface area contributed by atoms with Crippen LogP contribution in [0.4, 0.5) is 4.79 Å². The molecule has 0 atom stereocenters. The third kappa shape index (κ3) is 5.09. The number of hydrogen-bond acceptors (Lipinski definition) is 5. The van der Waals surface area contributed by atoms with E-state index < -0.39 is 23.7 Å². The second kappa shape index (κ2) is 9.79. The largest absolute Gasteiger partial charge is 0.487 e. The first-order valence-electron chi connectivity index (χ1n) is 9.38. The summed E-state index contributed by atoms with van der Waals surface area (Å²) < 4.78 is 7.82. The smallest absolute Gasteiger partial charge is 0.323 e. The number of amides is 2. The van der Waals surface area contributed by atoms with Crippen LogP contribution in [0.1, 0.15) is 11.1 Å². The van der Waals surface area contributed by atoms with Crippen LogP contribution in [0.25, 0.3) is 16.8 Å². The molecule has 1 aliphatic heterocycles. The van der Waals surface area contributed by atoms with Gasteiger partial charge in [-0.25, -0.2) is 0 Å². The van der Waals surface area contributed by atoms with Crippen molar-refractivity contribution in [2.75, 3.05) is 6.54 Å². The number of hydrogen-bond donors (Lipinski definition) is 1. The predicted molar refractivity (Wildman–Crippen MR) is 140 cm³/mol. The average molecular weight is 671 g/mol. The molecule has 0 saturated carbocycles. The molecule has 9 heteroatoms. The molecular weight excluding hydrogens is 656 g/mol. The fourth-order valence-electron chi connectivity index (χ4n) is 3.21. The van der Waals surface area contributed by atoms with Crippen LogP contribution < -0.4 is 4.74 Å². The number of carbonyl (C=O) groups is 3. The number of benzene rings is 3. The molecule has 162 valence electrons. The molecule has 0 aromatic heterocycles. The summed E-state index contributed by atoms with van der Waals surface area (Å²) in [5.41, 5.74) is 1.80. The van der Waals surface area contributed by atoms with Crippen molar-refractivity contribution in [2.45, 2.75) is 6.61 Å². The number of rotatable bonds is 6. The van der Waals surface area contributed by atoms with Crippen molar-refractivity contribution < 1.29 is 24.2 Å². The Morgan fingerprint density at radius 1 is 1.03 bits per heavy atom. The average Bonchev–Trinajstić information content (AvgIpc) is 3.00. The van der Waals surface area contributed by atoms with Gasteiger partial charge in [0, 0.05) is 0 Å². The summed E-state index contributed by atoms with van der Waals surface area (Å²) in [6.07, 6.45) is 1.60. The molecule has 3 aromatic carbocycles. The minimum absolute atomic E-state index is 0.202. The molecule has 6 nitrogen and oxygen atoms in total. The van der Waals surface area contributed by atoms with Gasteiger partial charge >= 0.3 is 5.97 Å². The van der Waals surface area contributed by atoms with Crippen molar-refractivity contribution in [3.63, 3.8) is 0 Å². The van der Waals surface area contributed by atoms with Gasteiger partial charge in [0.05, 0.1) is 12.0 Å². The number of imide groups is 1. The highest BCUT2D eigenvalue weighted by molar-refractivity contribution is 14.1. The summed E-state index contributed by atoms with van der Waals surface area (Å²) in [6.45, 7) is -0.219. The van der Waals surface area contributed by atoms with Crippen LogP contribution in [0, 0.1) is 7.14 Å². The number of aliphatic carboxylic acids is 1. The summed E-state index contributed by atoms with van der Waals surface area (Å²) in [5.74, 6) is -1.08. The first kappa shape index (κ1) is 23.1. The minimum atomic E-state index is -1.23. The zero-order valence-electron chi connectivity index (χ0n) is 16.4.